The van der Waals surface area contributed by atoms with Crippen molar-refractivity contribution in [3.05, 3.63) is 41.0 Å². The van der Waals surface area contributed by atoms with Crippen LogP contribution in [0.15, 0.2) is 24.3 Å². The molecule has 0 aromatic heterocycles. The van der Waals surface area contributed by atoms with Crippen LogP contribution in [0.5, 0.6) is 0 Å². The van der Waals surface area contributed by atoms with Crippen LogP contribution in [0, 0.1) is 13.8 Å². The maximum atomic E-state index is 10.6. The molecule has 0 fully saturated rings. The minimum absolute atomic E-state index is 0.732. The van der Waals surface area contributed by atoms with Gasteiger partial charge in [-0.05, 0) is 37.0 Å². The zero-order valence-corrected chi connectivity index (χ0v) is 9.37. The summed E-state index contributed by atoms with van der Waals surface area (Å²) in [5.74, 6) is -0.883. The Bertz CT molecular complexity index is 403. The Morgan fingerprint density at radius 1 is 1.40 bits per heavy atom. The molecule has 0 aliphatic rings. The van der Waals surface area contributed by atoms with Crippen molar-refractivity contribution >= 4 is 11.5 Å². The molecular weight excluding hydrogens is 188 g/mol. The van der Waals surface area contributed by atoms with E-state index in [1.807, 2.05) is 32.9 Å². The molecule has 1 aromatic carbocycles. The molecule has 0 aliphatic carbocycles. The fraction of sp³-hybridized carbons (Fsp3) is 0.308. The van der Waals surface area contributed by atoms with Crippen molar-refractivity contribution in [2.75, 3.05) is 0 Å². The smallest absolute Gasteiger partial charge is 0.328 e. The summed E-state index contributed by atoms with van der Waals surface area (Å²) in [6, 6.07) is 6.07. The second-order valence-electron chi connectivity index (χ2n) is 3.68. The van der Waals surface area contributed by atoms with Gasteiger partial charge in [0.15, 0.2) is 0 Å². The minimum Gasteiger partial charge on any atom is -0.478 e. The van der Waals surface area contributed by atoms with Crippen LogP contribution in [0.2, 0.25) is 0 Å². The van der Waals surface area contributed by atoms with Crippen molar-refractivity contribution < 1.29 is 9.90 Å². The van der Waals surface area contributed by atoms with Gasteiger partial charge in [0.05, 0.1) is 0 Å². The largest absolute Gasteiger partial charge is 0.478 e. The molecule has 0 saturated carbocycles. The number of carboxylic acid groups (broad SMARTS) is 1. The molecule has 0 unspecified atom stereocenters. The van der Waals surface area contributed by atoms with Crippen LogP contribution >= 0.6 is 0 Å². The van der Waals surface area contributed by atoms with Gasteiger partial charge in [-0.25, -0.2) is 4.79 Å². The SMILES string of the molecule is CC/C(=C\C(=O)O)c1ccc(C)cc1C. The van der Waals surface area contributed by atoms with Gasteiger partial charge in [0.2, 0.25) is 0 Å². The van der Waals surface area contributed by atoms with Crippen LogP contribution in [0.4, 0.5) is 0 Å². The first-order valence-corrected chi connectivity index (χ1v) is 5.05. The molecule has 0 heterocycles. The fourth-order valence-corrected chi connectivity index (χ4v) is 1.69. The zero-order chi connectivity index (χ0) is 11.4. The number of hydrogen-bond acceptors (Lipinski definition) is 1. The van der Waals surface area contributed by atoms with Gasteiger partial charge >= 0.3 is 5.97 Å². The highest BCUT2D eigenvalue weighted by Gasteiger charge is 2.05. The third-order valence-electron chi connectivity index (χ3n) is 2.41. The number of aryl methyl sites for hydroxylation is 2. The number of aliphatic carboxylic acids is 1. The van der Waals surface area contributed by atoms with Gasteiger partial charge in [-0.15, -0.1) is 0 Å². The lowest BCUT2D eigenvalue weighted by molar-refractivity contribution is -0.131. The average Bonchev–Trinajstić information content (AvgIpc) is 2.14. The summed E-state index contributed by atoms with van der Waals surface area (Å²) in [4.78, 5) is 10.6. The fourth-order valence-electron chi connectivity index (χ4n) is 1.69. The highest BCUT2D eigenvalue weighted by molar-refractivity contribution is 5.90. The van der Waals surface area contributed by atoms with E-state index >= 15 is 0 Å². The molecule has 1 rings (SSSR count). The van der Waals surface area contributed by atoms with Gasteiger partial charge in [0.1, 0.15) is 0 Å². The number of benzene rings is 1. The van der Waals surface area contributed by atoms with Crippen LogP contribution in [0.3, 0.4) is 0 Å². The van der Waals surface area contributed by atoms with Gasteiger partial charge in [-0.2, -0.15) is 0 Å². The first-order valence-electron chi connectivity index (χ1n) is 5.05. The standard InChI is InChI=1S/C13H16O2/c1-4-11(8-13(14)15)12-6-5-9(2)7-10(12)3/h5-8H,4H2,1-3H3,(H,14,15)/b11-8+. The summed E-state index contributed by atoms with van der Waals surface area (Å²) in [5.41, 5.74) is 4.23. The zero-order valence-electron chi connectivity index (χ0n) is 9.37. The van der Waals surface area contributed by atoms with Crippen LogP contribution in [-0.4, -0.2) is 11.1 Å². The van der Waals surface area contributed by atoms with E-state index in [1.165, 1.54) is 11.6 Å². The number of carboxylic acids is 1. The van der Waals surface area contributed by atoms with Crippen molar-refractivity contribution in [2.24, 2.45) is 0 Å². The maximum Gasteiger partial charge on any atom is 0.328 e. The molecule has 1 N–H and O–H groups in total. The summed E-state index contributed by atoms with van der Waals surface area (Å²) >= 11 is 0. The molecule has 2 nitrogen and oxygen atoms in total. The van der Waals surface area contributed by atoms with Crippen LogP contribution in [0.25, 0.3) is 5.57 Å². The van der Waals surface area contributed by atoms with E-state index in [-0.39, 0.29) is 0 Å². The summed E-state index contributed by atoms with van der Waals surface area (Å²) in [5, 5.41) is 8.75. The normalized spacial score (nSPS) is 11.5. The van der Waals surface area contributed by atoms with E-state index in [1.54, 1.807) is 0 Å². The molecular formula is C13H16O2. The second-order valence-corrected chi connectivity index (χ2v) is 3.68. The third-order valence-corrected chi connectivity index (χ3v) is 2.41. The van der Waals surface area contributed by atoms with Crippen molar-refractivity contribution in [3.63, 3.8) is 0 Å². The minimum atomic E-state index is -0.883. The summed E-state index contributed by atoms with van der Waals surface area (Å²) < 4.78 is 0. The molecule has 15 heavy (non-hydrogen) atoms. The van der Waals surface area contributed by atoms with E-state index in [9.17, 15) is 4.79 Å². The molecule has 0 radical (unpaired) electrons. The Balaban J connectivity index is 3.19. The van der Waals surface area contributed by atoms with Crippen molar-refractivity contribution in [2.45, 2.75) is 27.2 Å². The molecule has 0 bridgehead atoms. The number of rotatable bonds is 3. The maximum absolute atomic E-state index is 10.6. The molecule has 1 aromatic rings. The van der Waals surface area contributed by atoms with E-state index in [0.29, 0.717) is 0 Å². The van der Waals surface area contributed by atoms with Gasteiger partial charge in [-0.3, -0.25) is 0 Å². The topological polar surface area (TPSA) is 37.3 Å². The average molecular weight is 204 g/mol. The Hall–Kier alpha value is -1.57. The molecule has 0 atom stereocenters. The van der Waals surface area contributed by atoms with E-state index < -0.39 is 5.97 Å². The number of allylic oxidation sites excluding steroid dienone is 1. The Labute approximate surface area is 90.3 Å². The highest BCUT2D eigenvalue weighted by Crippen LogP contribution is 2.22. The van der Waals surface area contributed by atoms with Crippen molar-refractivity contribution in [1.82, 2.24) is 0 Å². The summed E-state index contributed by atoms with van der Waals surface area (Å²) in [6.45, 7) is 6.01. The highest BCUT2D eigenvalue weighted by atomic mass is 16.4. The van der Waals surface area contributed by atoms with Crippen molar-refractivity contribution in [3.8, 4) is 0 Å². The van der Waals surface area contributed by atoms with E-state index in [4.69, 9.17) is 5.11 Å². The first kappa shape index (κ1) is 11.5. The van der Waals surface area contributed by atoms with Crippen molar-refractivity contribution in [1.29, 1.82) is 0 Å². The molecule has 0 aliphatic heterocycles. The predicted octanol–water partition coefficient (Wildman–Crippen LogP) is 3.18. The Morgan fingerprint density at radius 3 is 2.53 bits per heavy atom. The van der Waals surface area contributed by atoms with E-state index in [2.05, 4.69) is 6.07 Å². The molecule has 0 spiro atoms. The summed E-state index contributed by atoms with van der Waals surface area (Å²) in [7, 11) is 0. The van der Waals surface area contributed by atoms with Crippen LogP contribution in [0.1, 0.15) is 30.0 Å². The van der Waals surface area contributed by atoms with Gasteiger partial charge in [-0.1, -0.05) is 30.7 Å². The van der Waals surface area contributed by atoms with Gasteiger partial charge < -0.3 is 5.11 Å². The number of hydrogen-bond donors (Lipinski definition) is 1. The molecule has 2 heteroatoms. The molecule has 0 amide bonds. The lowest BCUT2D eigenvalue weighted by Crippen LogP contribution is -1.94. The lowest BCUT2D eigenvalue weighted by Gasteiger charge is -2.08. The lowest BCUT2D eigenvalue weighted by atomic mass is 9.97. The third kappa shape index (κ3) is 2.94. The van der Waals surface area contributed by atoms with Gasteiger partial charge in [0.25, 0.3) is 0 Å². The number of carbonyl (C=O) groups is 1. The van der Waals surface area contributed by atoms with Gasteiger partial charge in [0, 0.05) is 6.08 Å². The predicted molar refractivity (Wildman–Crippen MR) is 61.8 cm³/mol. The molecule has 80 valence electrons. The van der Waals surface area contributed by atoms with Crippen LogP contribution < -0.4 is 0 Å². The van der Waals surface area contributed by atoms with E-state index in [0.717, 1.165) is 23.1 Å². The Morgan fingerprint density at radius 2 is 2.07 bits per heavy atom. The first-order chi connectivity index (χ1) is 7.04. The molecule has 0 saturated heterocycles. The van der Waals surface area contributed by atoms with Crippen LogP contribution in [-0.2, 0) is 4.79 Å². The quantitative estimate of drug-likeness (QED) is 0.768. The second kappa shape index (κ2) is 4.78. The Kier molecular flexibility index (Phi) is 3.67. The summed E-state index contributed by atoms with van der Waals surface area (Å²) in [6.07, 6.45) is 2.02. The monoisotopic (exact) mass is 204 g/mol.